The molecule has 28 heavy (non-hydrogen) atoms. The Morgan fingerprint density at radius 3 is 2.54 bits per heavy atom. The Labute approximate surface area is 165 Å². The van der Waals surface area contributed by atoms with Crippen molar-refractivity contribution in [3.63, 3.8) is 0 Å². The van der Waals surface area contributed by atoms with Crippen LogP contribution >= 0.6 is 0 Å². The van der Waals surface area contributed by atoms with Gasteiger partial charge >= 0.3 is 0 Å². The van der Waals surface area contributed by atoms with E-state index in [0.717, 1.165) is 19.4 Å². The van der Waals surface area contributed by atoms with E-state index in [1.807, 2.05) is 13.0 Å². The maximum Gasteiger partial charge on any atom is 0.169 e. The number of ketones is 1. The van der Waals surface area contributed by atoms with Crippen molar-refractivity contribution in [3.05, 3.63) is 65.5 Å². The first kappa shape index (κ1) is 19.1. The van der Waals surface area contributed by atoms with Crippen molar-refractivity contribution in [2.24, 2.45) is 5.92 Å². The van der Waals surface area contributed by atoms with Gasteiger partial charge in [-0.05, 0) is 43.5 Å². The van der Waals surface area contributed by atoms with E-state index in [1.165, 1.54) is 17.7 Å². The molecule has 2 aromatic rings. The predicted molar refractivity (Wildman–Crippen MR) is 105 cm³/mol. The molecule has 0 aliphatic carbocycles. The van der Waals surface area contributed by atoms with Gasteiger partial charge in [-0.15, -0.1) is 0 Å². The van der Waals surface area contributed by atoms with Gasteiger partial charge in [0.2, 0.25) is 0 Å². The number of morpholine rings is 1. The first-order chi connectivity index (χ1) is 13.7. The van der Waals surface area contributed by atoms with E-state index in [1.54, 1.807) is 6.07 Å². The Bertz CT molecular complexity index is 812. The average Bonchev–Trinajstić information content (AvgIpc) is 2.69. The molecular formula is C23H26FNO3. The summed E-state index contributed by atoms with van der Waals surface area (Å²) in [5.74, 6) is -0.0787. The molecule has 4 nitrogen and oxygen atoms in total. The standard InChI is InChI=1S/C23H26FNO3/c1-2-28-22-9-8-18(24)12-21(22)23(26)17-10-19-14-27-15-20(11-17)25(19)13-16-6-4-3-5-7-16/h3-9,12,17,19-20H,2,10-11,13-15H2,1H3. The van der Waals surface area contributed by atoms with E-state index in [4.69, 9.17) is 9.47 Å². The van der Waals surface area contributed by atoms with Gasteiger partial charge in [-0.1, -0.05) is 30.3 Å². The van der Waals surface area contributed by atoms with Gasteiger partial charge in [-0.3, -0.25) is 9.69 Å². The molecule has 2 saturated heterocycles. The highest BCUT2D eigenvalue weighted by Crippen LogP contribution is 2.36. The third-order valence-electron chi connectivity index (χ3n) is 5.76. The third kappa shape index (κ3) is 3.96. The fraction of sp³-hybridized carbons (Fsp3) is 0.435. The van der Waals surface area contributed by atoms with Gasteiger partial charge in [0.05, 0.1) is 25.4 Å². The van der Waals surface area contributed by atoms with Crippen LogP contribution in [-0.4, -0.2) is 42.6 Å². The predicted octanol–water partition coefficient (Wildman–Crippen LogP) is 4.09. The summed E-state index contributed by atoms with van der Waals surface area (Å²) >= 11 is 0. The van der Waals surface area contributed by atoms with Crippen LogP contribution in [0.4, 0.5) is 4.39 Å². The van der Waals surface area contributed by atoms with Crippen LogP contribution in [-0.2, 0) is 11.3 Å². The number of halogens is 1. The van der Waals surface area contributed by atoms with Crippen LogP contribution in [0, 0.1) is 11.7 Å². The minimum Gasteiger partial charge on any atom is -0.493 e. The van der Waals surface area contributed by atoms with E-state index in [2.05, 4.69) is 29.2 Å². The first-order valence-corrected chi connectivity index (χ1v) is 9.99. The quantitative estimate of drug-likeness (QED) is 0.705. The molecule has 148 valence electrons. The SMILES string of the molecule is CCOc1ccc(F)cc1C(=O)C1CC2COCC(C1)N2Cc1ccccc1. The zero-order chi connectivity index (χ0) is 19.5. The molecule has 2 aliphatic rings. The fourth-order valence-electron chi connectivity index (χ4n) is 4.45. The van der Waals surface area contributed by atoms with Crippen molar-refractivity contribution < 1.29 is 18.7 Å². The number of benzene rings is 2. The Morgan fingerprint density at radius 1 is 1.14 bits per heavy atom. The van der Waals surface area contributed by atoms with Gasteiger partial charge in [0, 0.05) is 24.5 Å². The topological polar surface area (TPSA) is 38.8 Å². The highest BCUT2D eigenvalue weighted by Gasteiger charge is 2.41. The molecule has 0 amide bonds. The average molecular weight is 383 g/mol. The van der Waals surface area contributed by atoms with Crippen LogP contribution in [0.5, 0.6) is 5.75 Å². The Kier molecular flexibility index (Phi) is 5.74. The molecule has 0 saturated carbocycles. The zero-order valence-electron chi connectivity index (χ0n) is 16.1. The number of ether oxygens (including phenoxy) is 2. The molecule has 2 unspecified atom stereocenters. The van der Waals surface area contributed by atoms with E-state index >= 15 is 0 Å². The van der Waals surface area contributed by atoms with Crippen LogP contribution in [0.2, 0.25) is 0 Å². The van der Waals surface area contributed by atoms with Gasteiger partial charge < -0.3 is 9.47 Å². The van der Waals surface area contributed by atoms with Crippen LogP contribution in [0.25, 0.3) is 0 Å². The van der Waals surface area contributed by atoms with Gasteiger partial charge in [-0.25, -0.2) is 4.39 Å². The number of Topliss-reactive ketones (excluding diaryl/α,β-unsaturated/α-hetero) is 1. The number of nitrogens with zero attached hydrogens (tertiary/aromatic N) is 1. The lowest BCUT2D eigenvalue weighted by atomic mass is 9.80. The minimum atomic E-state index is -0.406. The summed E-state index contributed by atoms with van der Waals surface area (Å²) < 4.78 is 25.2. The molecule has 2 atom stereocenters. The van der Waals surface area contributed by atoms with Crippen molar-refractivity contribution in [2.75, 3.05) is 19.8 Å². The molecule has 0 spiro atoms. The van der Waals surface area contributed by atoms with E-state index in [0.29, 0.717) is 31.1 Å². The second-order valence-electron chi connectivity index (χ2n) is 7.61. The molecule has 0 radical (unpaired) electrons. The smallest absolute Gasteiger partial charge is 0.169 e. The van der Waals surface area contributed by atoms with E-state index in [-0.39, 0.29) is 23.8 Å². The van der Waals surface area contributed by atoms with Crippen molar-refractivity contribution in [3.8, 4) is 5.75 Å². The van der Waals surface area contributed by atoms with E-state index < -0.39 is 5.82 Å². The number of rotatable bonds is 6. The summed E-state index contributed by atoms with van der Waals surface area (Å²) in [5, 5.41) is 0. The molecule has 2 fully saturated rings. The van der Waals surface area contributed by atoms with Crippen molar-refractivity contribution in [2.45, 2.75) is 38.4 Å². The molecule has 0 aromatic heterocycles. The summed E-state index contributed by atoms with van der Waals surface area (Å²) in [7, 11) is 0. The zero-order valence-corrected chi connectivity index (χ0v) is 16.1. The first-order valence-electron chi connectivity index (χ1n) is 9.99. The summed E-state index contributed by atoms with van der Waals surface area (Å²) in [6.45, 7) is 4.44. The number of carbonyl (C=O) groups excluding carboxylic acids is 1. The molecule has 2 aliphatic heterocycles. The number of carbonyl (C=O) groups is 1. The molecule has 5 heteroatoms. The van der Waals surface area contributed by atoms with E-state index in [9.17, 15) is 9.18 Å². The lowest BCUT2D eigenvalue weighted by molar-refractivity contribution is -0.0873. The van der Waals surface area contributed by atoms with Crippen LogP contribution in [0.1, 0.15) is 35.7 Å². The second kappa shape index (κ2) is 8.41. The maximum atomic E-state index is 13.8. The monoisotopic (exact) mass is 383 g/mol. The van der Waals surface area contributed by atoms with Gasteiger partial charge in [0.1, 0.15) is 11.6 Å². The Hall–Kier alpha value is -2.24. The van der Waals surface area contributed by atoms with Crippen molar-refractivity contribution in [1.82, 2.24) is 4.90 Å². The van der Waals surface area contributed by atoms with Gasteiger partial charge in [0.15, 0.2) is 5.78 Å². The molecule has 0 N–H and O–H groups in total. The van der Waals surface area contributed by atoms with Crippen LogP contribution in [0.15, 0.2) is 48.5 Å². The number of hydrogen-bond acceptors (Lipinski definition) is 4. The molecule has 4 rings (SSSR count). The van der Waals surface area contributed by atoms with Crippen LogP contribution < -0.4 is 4.74 Å². The highest BCUT2D eigenvalue weighted by molar-refractivity contribution is 6.00. The third-order valence-corrected chi connectivity index (χ3v) is 5.76. The Morgan fingerprint density at radius 2 is 1.86 bits per heavy atom. The summed E-state index contributed by atoms with van der Waals surface area (Å²) in [6, 6.07) is 15.0. The number of fused-ring (bicyclic) bond motifs is 2. The van der Waals surface area contributed by atoms with Gasteiger partial charge in [0.25, 0.3) is 0 Å². The lowest BCUT2D eigenvalue weighted by Gasteiger charge is -2.48. The lowest BCUT2D eigenvalue weighted by Crippen LogP contribution is -2.57. The summed E-state index contributed by atoms with van der Waals surface area (Å²) in [6.07, 6.45) is 1.45. The second-order valence-corrected chi connectivity index (χ2v) is 7.61. The summed E-state index contributed by atoms with van der Waals surface area (Å²) in [4.78, 5) is 15.7. The van der Waals surface area contributed by atoms with Crippen LogP contribution in [0.3, 0.4) is 0 Å². The molecule has 2 bridgehead atoms. The molecule has 2 aromatic carbocycles. The van der Waals surface area contributed by atoms with Gasteiger partial charge in [-0.2, -0.15) is 0 Å². The normalized spacial score (nSPS) is 24.7. The fourth-order valence-corrected chi connectivity index (χ4v) is 4.45. The van der Waals surface area contributed by atoms with Crippen molar-refractivity contribution >= 4 is 5.78 Å². The number of hydrogen-bond donors (Lipinski definition) is 0. The largest absolute Gasteiger partial charge is 0.493 e. The molecular weight excluding hydrogens is 357 g/mol. The Balaban J connectivity index is 1.53. The minimum absolute atomic E-state index is 0.0146. The highest BCUT2D eigenvalue weighted by atomic mass is 19.1. The summed E-state index contributed by atoms with van der Waals surface area (Å²) in [5.41, 5.74) is 1.63. The maximum absolute atomic E-state index is 13.8. The molecule has 2 heterocycles. The number of piperidine rings is 1. The van der Waals surface area contributed by atoms with Crippen molar-refractivity contribution in [1.29, 1.82) is 0 Å².